The molecule has 0 saturated carbocycles. The number of aryl methyl sites for hydroxylation is 1. The van der Waals surface area contributed by atoms with Crippen LogP contribution in [-0.4, -0.2) is 15.9 Å². The zero-order valence-corrected chi connectivity index (χ0v) is 12.9. The van der Waals surface area contributed by atoms with E-state index in [0.717, 1.165) is 5.76 Å². The number of halogens is 1. The van der Waals surface area contributed by atoms with E-state index in [1.165, 1.54) is 18.2 Å². The average Bonchev–Trinajstić information content (AvgIpc) is 3.06. The molecule has 0 radical (unpaired) electrons. The second kappa shape index (κ2) is 6.91. The van der Waals surface area contributed by atoms with Crippen LogP contribution in [0.1, 0.15) is 21.9 Å². The van der Waals surface area contributed by atoms with Crippen molar-refractivity contribution in [2.24, 2.45) is 0 Å². The number of furan rings is 1. The molecule has 1 aromatic carbocycles. The minimum Gasteiger partial charge on any atom is -0.467 e. The van der Waals surface area contributed by atoms with Crippen LogP contribution in [0, 0.1) is 12.7 Å². The smallest absolute Gasteiger partial charge is 0.274 e. The molecule has 2 heterocycles. The Kier molecular flexibility index (Phi) is 4.51. The predicted octanol–water partition coefficient (Wildman–Crippen LogP) is 3.38. The second-order valence-electron chi connectivity index (χ2n) is 5.12. The molecule has 2 N–H and O–H groups in total. The van der Waals surface area contributed by atoms with Gasteiger partial charge in [-0.3, -0.25) is 4.79 Å². The molecule has 3 aromatic rings. The van der Waals surface area contributed by atoms with Crippen molar-refractivity contribution < 1.29 is 13.6 Å². The molecule has 0 spiro atoms. The molecule has 2 aromatic heterocycles. The van der Waals surface area contributed by atoms with Gasteiger partial charge in [-0.05, 0) is 43.3 Å². The third kappa shape index (κ3) is 3.95. The van der Waals surface area contributed by atoms with E-state index in [4.69, 9.17) is 4.42 Å². The lowest BCUT2D eigenvalue weighted by Crippen LogP contribution is -2.16. The topological polar surface area (TPSA) is 80.0 Å². The molecule has 0 saturated heterocycles. The number of benzene rings is 1. The van der Waals surface area contributed by atoms with Crippen molar-refractivity contribution in [2.75, 3.05) is 10.6 Å². The second-order valence-corrected chi connectivity index (χ2v) is 5.12. The summed E-state index contributed by atoms with van der Waals surface area (Å²) in [5.74, 6) is 0.182. The maximum atomic E-state index is 13.2. The van der Waals surface area contributed by atoms with Gasteiger partial charge >= 0.3 is 0 Å². The van der Waals surface area contributed by atoms with E-state index in [0.29, 0.717) is 23.9 Å². The fraction of sp³-hybridized carbons (Fsp3) is 0.118. The first-order valence-electron chi connectivity index (χ1n) is 7.29. The fourth-order valence-electron chi connectivity index (χ4n) is 2.10. The monoisotopic (exact) mass is 326 g/mol. The van der Waals surface area contributed by atoms with E-state index in [2.05, 4.69) is 20.6 Å². The molecule has 0 bridgehead atoms. The van der Waals surface area contributed by atoms with Gasteiger partial charge in [-0.25, -0.2) is 14.4 Å². The highest BCUT2D eigenvalue weighted by Crippen LogP contribution is 2.12. The van der Waals surface area contributed by atoms with Gasteiger partial charge in [0.1, 0.15) is 17.3 Å². The number of hydrogen-bond acceptors (Lipinski definition) is 5. The van der Waals surface area contributed by atoms with Crippen LogP contribution >= 0.6 is 0 Å². The SMILES string of the molecule is Cc1cc(C(=O)Nc2cccc(F)c2)nc(NCc2ccco2)n1. The first-order chi connectivity index (χ1) is 11.6. The number of carbonyl (C=O) groups is 1. The molecule has 0 unspecified atom stereocenters. The number of carbonyl (C=O) groups excluding carboxylic acids is 1. The van der Waals surface area contributed by atoms with Gasteiger partial charge in [-0.1, -0.05) is 6.07 Å². The van der Waals surface area contributed by atoms with Crippen LogP contribution in [0.5, 0.6) is 0 Å². The number of aromatic nitrogens is 2. The molecule has 7 heteroatoms. The predicted molar refractivity (Wildman–Crippen MR) is 87.2 cm³/mol. The zero-order valence-electron chi connectivity index (χ0n) is 12.9. The number of nitrogens with zero attached hydrogens (tertiary/aromatic N) is 2. The summed E-state index contributed by atoms with van der Waals surface area (Å²) in [4.78, 5) is 20.7. The van der Waals surface area contributed by atoms with Crippen LogP contribution in [0.25, 0.3) is 0 Å². The Hall–Kier alpha value is -3.22. The fourth-order valence-corrected chi connectivity index (χ4v) is 2.10. The summed E-state index contributed by atoms with van der Waals surface area (Å²) in [5, 5.41) is 5.61. The number of rotatable bonds is 5. The summed E-state index contributed by atoms with van der Waals surface area (Å²) in [7, 11) is 0. The van der Waals surface area contributed by atoms with Gasteiger partial charge in [-0.2, -0.15) is 0 Å². The van der Waals surface area contributed by atoms with Crippen LogP contribution in [0.2, 0.25) is 0 Å². The molecule has 0 aliphatic carbocycles. The number of hydrogen-bond donors (Lipinski definition) is 2. The summed E-state index contributed by atoms with van der Waals surface area (Å²) in [5.41, 5.74) is 1.19. The third-order valence-corrected chi connectivity index (χ3v) is 3.17. The van der Waals surface area contributed by atoms with Gasteiger partial charge in [0.2, 0.25) is 5.95 Å². The van der Waals surface area contributed by atoms with Crippen LogP contribution in [-0.2, 0) is 6.54 Å². The van der Waals surface area contributed by atoms with E-state index in [9.17, 15) is 9.18 Å². The Bertz CT molecular complexity index is 850. The van der Waals surface area contributed by atoms with E-state index in [-0.39, 0.29) is 5.69 Å². The average molecular weight is 326 g/mol. The number of nitrogens with one attached hydrogen (secondary N) is 2. The summed E-state index contributed by atoms with van der Waals surface area (Å²) in [6, 6.07) is 10.8. The Morgan fingerprint density at radius 3 is 2.83 bits per heavy atom. The van der Waals surface area contributed by atoms with Crippen molar-refractivity contribution in [2.45, 2.75) is 13.5 Å². The maximum absolute atomic E-state index is 13.2. The molecule has 24 heavy (non-hydrogen) atoms. The lowest BCUT2D eigenvalue weighted by Gasteiger charge is -2.08. The van der Waals surface area contributed by atoms with Crippen molar-refractivity contribution in [3.8, 4) is 0 Å². The number of anilines is 2. The van der Waals surface area contributed by atoms with Gasteiger partial charge in [0.25, 0.3) is 5.91 Å². The van der Waals surface area contributed by atoms with Gasteiger partial charge in [-0.15, -0.1) is 0 Å². The minimum atomic E-state index is -0.438. The van der Waals surface area contributed by atoms with Crippen LogP contribution in [0.3, 0.4) is 0 Å². The van der Waals surface area contributed by atoms with E-state index < -0.39 is 11.7 Å². The first kappa shape index (κ1) is 15.7. The molecular weight excluding hydrogens is 311 g/mol. The first-order valence-corrected chi connectivity index (χ1v) is 7.29. The van der Waals surface area contributed by atoms with E-state index in [1.807, 2.05) is 6.07 Å². The normalized spacial score (nSPS) is 10.4. The standard InChI is InChI=1S/C17H15FN4O2/c1-11-8-15(16(23)21-13-5-2-4-12(18)9-13)22-17(20-11)19-10-14-6-3-7-24-14/h2-9H,10H2,1H3,(H,21,23)(H,19,20,22). The molecule has 6 nitrogen and oxygen atoms in total. The van der Waals surface area contributed by atoms with Gasteiger partial charge in [0.15, 0.2) is 0 Å². The molecule has 3 rings (SSSR count). The van der Waals surface area contributed by atoms with Crippen molar-refractivity contribution in [1.29, 1.82) is 0 Å². The molecule has 1 amide bonds. The molecular formula is C17H15FN4O2. The van der Waals surface area contributed by atoms with Crippen LogP contribution in [0.15, 0.2) is 53.1 Å². The van der Waals surface area contributed by atoms with Gasteiger partial charge in [0, 0.05) is 11.4 Å². The van der Waals surface area contributed by atoms with E-state index in [1.54, 1.807) is 31.4 Å². The summed E-state index contributed by atoms with van der Waals surface area (Å²) in [6.07, 6.45) is 1.58. The van der Waals surface area contributed by atoms with E-state index >= 15 is 0 Å². The summed E-state index contributed by atoms with van der Waals surface area (Å²) >= 11 is 0. The Balaban J connectivity index is 1.73. The molecule has 0 aliphatic rings. The highest BCUT2D eigenvalue weighted by atomic mass is 19.1. The van der Waals surface area contributed by atoms with Crippen molar-refractivity contribution in [3.63, 3.8) is 0 Å². The maximum Gasteiger partial charge on any atom is 0.274 e. The Morgan fingerprint density at radius 2 is 2.08 bits per heavy atom. The largest absolute Gasteiger partial charge is 0.467 e. The number of amides is 1. The van der Waals surface area contributed by atoms with Crippen LogP contribution in [0.4, 0.5) is 16.0 Å². The molecule has 0 aliphatic heterocycles. The lowest BCUT2D eigenvalue weighted by atomic mass is 10.2. The molecule has 0 fully saturated rings. The van der Waals surface area contributed by atoms with Gasteiger partial charge < -0.3 is 15.1 Å². The Labute approximate surface area is 137 Å². The van der Waals surface area contributed by atoms with Crippen molar-refractivity contribution >= 4 is 17.5 Å². The van der Waals surface area contributed by atoms with Crippen molar-refractivity contribution in [3.05, 3.63) is 71.7 Å². The highest BCUT2D eigenvalue weighted by Gasteiger charge is 2.11. The quantitative estimate of drug-likeness (QED) is 0.751. The third-order valence-electron chi connectivity index (χ3n) is 3.17. The zero-order chi connectivity index (χ0) is 16.9. The Morgan fingerprint density at radius 1 is 1.21 bits per heavy atom. The summed E-state index contributed by atoms with van der Waals surface area (Å²) < 4.78 is 18.4. The molecule has 0 atom stereocenters. The summed E-state index contributed by atoms with van der Waals surface area (Å²) in [6.45, 7) is 2.17. The van der Waals surface area contributed by atoms with Crippen molar-refractivity contribution in [1.82, 2.24) is 9.97 Å². The highest BCUT2D eigenvalue weighted by molar-refractivity contribution is 6.03. The van der Waals surface area contributed by atoms with Gasteiger partial charge in [0.05, 0.1) is 12.8 Å². The lowest BCUT2D eigenvalue weighted by molar-refractivity contribution is 0.102. The molecule has 122 valence electrons. The van der Waals surface area contributed by atoms with Crippen LogP contribution < -0.4 is 10.6 Å². The minimum absolute atomic E-state index is 0.189.